The zero-order valence-electron chi connectivity index (χ0n) is 10.5. The van der Waals surface area contributed by atoms with E-state index >= 15 is 0 Å². The molecule has 106 valence electrons. The number of alkyl halides is 3. The molecule has 5 nitrogen and oxygen atoms in total. The largest absolute Gasteiger partial charge is 0.405 e. The molecule has 2 rings (SSSR count). The predicted octanol–water partition coefficient (Wildman–Crippen LogP) is 1.87. The Morgan fingerprint density at radius 1 is 1.45 bits per heavy atom. The van der Waals surface area contributed by atoms with Crippen LogP contribution in [0.4, 0.5) is 13.2 Å². The molecule has 0 aromatic carbocycles. The summed E-state index contributed by atoms with van der Waals surface area (Å²) in [5.41, 5.74) is 1.07. The number of aromatic nitrogens is 3. The van der Waals surface area contributed by atoms with Gasteiger partial charge in [-0.3, -0.25) is 9.78 Å². The van der Waals surface area contributed by atoms with Gasteiger partial charge in [0.05, 0.1) is 17.6 Å². The van der Waals surface area contributed by atoms with Crippen molar-refractivity contribution < 1.29 is 18.0 Å². The highest BCUT2D eigenvalue weighted by Gasteiger charge is 2.28. The van der Waals surface area contributed by atoms with Crippen molar-refractivity contribution in [1.82, 2.24) is 19.9 Å². The van der Waals surface area contributed by atoms with E-state index in [0.29, 0.717) is 11.4 Å². The van der Waals surface area contributed by atoms with Gasteiger partial charge in [0.1, 0.15) is 18.6 Å². The van der Waals surface area contributed by atoms with Crippen molar-refractivity contribution in [2.24, 2.45) is 0 Å². The monoisotopic (exact) mass is 284 g/mol. The van der Waals surface area contributed by atoms with E-state index in [1.807, 2.05) is 0 Å². The van der Waals surface area contributed by atoms with Crippen molar-refractivity contribution in [2.45, 2.75) is 13.1 Å². The van der Waals surface area contributed by atoms with E-state index in [-0.39, 0.29) is 5.69 Å². The van der Waals surface area contributed by atoms with Gasteiger partial charge in [0.2, 0.25) is 0 Å². The fourth-order valence-electron chi connectivity index (χ4n) is 1.65. The van der Waals surface area contributed by atoms with E-state index in [2.05, 4.69) is 9.97 Å². The summed E-state index contributed by atoms with van der Waals surface area (Å²) < 4.78 is 37.7. The van der Waals surface area contributed by atoms with E-state index in [1.165, 1.54) is 6.33 Å². The maximum Gasteiger partial charge on any atom is 0.405 e. The molecule has 0 aliphatic carbocycles. The molecule has 0 spiro atoms. The maximum atomic E-state index is 12.1. The number of pyridine rings is 1. The molecular formula is C12H11F3N4O. The molecule has 0 fully saturated rings. The number of carbonyl (C=O) groups is 1. The van der Waals surface area contributed by atoms with E-state index in [9.17, 15) is 18.0 Å². The van der Waals surface area contributed by atoms with Crippen LogP contribution in [0.5, 0.6) is 0 Å². The molecule has 1 amide bonds. The van der Waals surface area contributed by atoms with Crippen LogP contribution in [0.25, 0.3) is 5.69 Å². The Hall–Kier alpha value is -2.38. The second kappa shape index (κ2) is 5.32. The highest BCUT2D eigenvalue weighted by molar-refractivity contribution is 5.93. The van der Waals surface area contributed by atoms with Crippen molar-refractivity contribution in [1.29, 1.82) is 0 Å². The molecule has 20 heavy (non-hydrogen) atoms. The molecule has 2 aromatic rings. The molecule has 0 saturated carbocycles. The van der Waals surface area contributed by atoms with Crippen molar-refractivity contribution in [3.05, 3.63) is 42.2 Å². The van der Waals surface area contributed by atoms with Gasteiger partial charge < -0.3 is 9.88 Å². The Kier molecular flexibility index (Phi) is 3.73. The fraction of sp³-hybridized carbons (Fsp3) is 0.250. The minimum atomic E-state index is -4.45. The Labute approximate surface area is 112 Å². The maximum absolute atomic E-state index is 12.1. The van der Waals surface area contributed by atoms with Crippen LogP contribution in [0.2, 0.25) is 0 Å². The number of hydrogen-bond acceptors (Lipinski definition) is 3. The van der Waals surface area contributed by atoms with Gasteiger partial charge in [-0.25, -0.2) is 4.98 Å². The molecule has 0 saturated heterocycles. The van der Waals surface area contributed by atoms with Crippen molar-refractivity contribution in [3.63, 3.8) is 0 Å². The van der Waals surface area contributed by atoms with Crippen molar-refractivity contribution in [3.8, 4) is 5.69 Å². The second-order valence-corrected chi connectivity index (χ2v) is 4.06. The summed E-state index contributed by atoms with van der Waals surface area (Å²) >= 11 is 0. The number of nitrogens with one attached hydrogen (secondary N) is 1. The van der Waals surface area contributed by atoms with Gasteiger partial charge in [0.15, 0.2) is 0 Å². The zero-order valence-corrected chi connectivity index (χ0v) is 10.5. The highest BCUT2D eigenvalue weighted by Crippen LogP contribution is 2.15. The first-order chi connectivity index (χ1) is 9.38. The van der Waals surface area contributed by atoms with Crippen molar-refractivity contribution >= 4 is 5.91 Å². The smallest absolute Gasteiger partial charge is 0.342 e. The van der Waals surface area contributed by atoms with Crippen molar-refractivity contribution in [2.75, 3.05) is 6.54 Å². The molecule has 1 N–H and O–H groups in total. The molecule has 2 aromatic heterocycles. The zero-order chi connectivity index (χ0) is 14.8. The lowest BCUT2D eigenvalue weighted by molar-refractivity contribution is -0.123. The molecule has 8 heteroatoms. The van der Waals surface area contributed by atoms with Gasteiger partial charge in [0, 0.05) is 6.20 Å². The molecule has 0 bridgehead atoms. The second-order valence-electron chi connectivity index (χ2n) is 4.06. The molecule has 0 radical (unpaired) electrons. The summed E-state index contributed by atoms with van der Waals surface area (Å²) in [6.07, 6.45) is 0.0725. The summed E-state index contributed by atoms with van der Waals surface area (Å²) in [5, 5.41) is 1.79. The van der Waals surface area contributed by atoms with Gasteiger partial charge >= 0.3 is 6.18 Å². The summed E-state index contributed by atoms with van der Waals surface area (Å²) in [7, 11) is 0. The molecule has 0 atom stereocenters. The lowest BCUT2D eigenvalue weighted by Crippen LogP contribution is -2.34. The van der Waals surface area contributed by atoms with Gasteiger partial charge in [0.25, 0.3) is 5.91 Å². The minimum absolute atomic E-state index is 0.0434. The standard InChI is InChI=1S/C12H11F3N4O/c1-8-10(11(20)17-6-12(13,14)15)18-7-19(8)9-3-2-4-16-5-9/h2-5,7H,6H2,1H3,(H,17,20). The third-order valence-electron chi connectivity index (χ3n) is 2.59. The highest BCUT2D eigenvalue weighted by atomic mass is 19.4. The number of rotatable bonds is 3. The van der Waals surface area contributed by atoms with Crippen LogP contribution in [0.3, 0.4) is 0 Å². The molecule has 0 aliphatic rings. The topological polar surface area (TPSA) is 59.8 Å². The van der Waals surface area contributed by atoms with E-state index in [4.69, 9.17) is 0 Å². The first kappa shape index (κ1) is 14.0. The first-order valence-electron chi connectivity index (χ1n) is 5.68. The van der Waals surface area contributed by atoms with Crippen LogP contribution >= 0.6 is 0 Å². The normalized spacial score (nSPS) is 11.4. The van der Waals surface area contributed by atoms with E-state index < -0.39 is 18.6 Å². The molecular weight excluding hydrogens is 273 g/mol. The van der Waals surface area contributed by atoms with Crippen LogP contribution in [-0.2, 0) is 0 Å². The quantitative estimate of drug-likeness (QED) is 0.936. The number of nitrogens with zero attached hydrogens (tertiary/aromatic N) is 3. The number of imidazole rings is 1. The van der Waals surface area contributed by atoms with Crippen LogP contribution in [0, 0.1) is 6.92 Å². The Bertz CT molecular complexity index is 607. The van der Waals surface area contributed by atoms with Gasteiger partial charge in [-0.2, -0.15) is 13.2 Å². The summed E-state index contributed by atoms with van der Waals surface area (Å²) in [6.45, 7) is 0.216. The third-order valence-corrected chi connectivity index (χ3v) is 2.59. The van der Waals surface area contributed by atoms with Crippen LogP contribution in [0.15, 0.2) is 30.9 Å². The Morgan fingerprint density at radius 3 is 2.80 bits per heavy atom. The van der Waals surface area contributed by atoms with Gasteiger partial charge in [-0.05, 0) is 19.1 Å². The Balaban J connectivity index is 2.19. The fourth-order valence-corrected chi connectivity index (χ4v) is 1.65. The van der Waals surface area contributed by atoms with Gasteiger partial charge in [-0.1, -0.05) is 0 Å². The summed E-state index contributed by atoms with van der Waals surface area (Å²) in [5.74, 6) is -0.859. The minimum Gasteiger partial charge on any atom is -0.342 e. The summed E-state index contributed by atoms with van der Waals surface area (Å²) in [4.78, 5) is 19.4. The SMILES string of the molecule is Cc1c(C(=O)NCC(F)(F)F)ncn1-c1cccnc1. The first-order valence-corrected chi connectivity index (χ1v) is 5.68. The van der Waals surface area contributed by atoms with Crippen LogP contribution in [0.1, 0.15) is 16.2 Å². The molecule has 0 unspecified atom stereocenters. The average molecular weight is 284 g/mol. The molecule has 2 heterocycles. The van der Waals surface area contributed by atoms with Crippen LogP contribution < -0.4 is 5.32 Å². The number of amides is 1. The lowest BCUT2D eigenvalue weighted by atomic mass is 10.3. The number of halogens is 3. The van der Waals surface area contributed by atoms with E-state index in [0.717, 1.165) is 0 Å². The third kappa shape index (κ3) is 3.14. The number of carbonyl (C=O) groups excluding carboxylic acids is 1. The van der Waals surface area contributed by atoms with E-state index in [1.54, 1.807) is 41.3 Å². The average Bonchev–Trinajstić information content (AvgIpc) is 2.78. The lowest BCUT2D eigenvalue weighted by Gasteiger charge is -2.08. The Morgan fingerprint density at radius 2 is 2.20 bits per heavy atom. The van der Waals surface area contributed by atoms with Gasteiger partial charge in [-0.15, -0.1) is 0 Å². The van der Waals surface area contributed by atoms with Crippen LogP contribution in [-0.4, -0.2) is 33.2 Å². The number of hydrogen-bond donors (Lipinski definition) is 1. The predicted molar refractivity (Wildman–Crippen MR) is 64.5 cm³/mol. The molecule has 0 aliphatic heterocycles. The summed E-state index contributed by atoms with van der Waals surface area (Å²) in [6, 6.07) is 3.46.